The van der Waals surface area contributed by atoms with Gasteiger partial charge in [0.25, 0.3) is 5.91 Å². The lowest BCUT2D eigenvalue weighted by Gasteiger charge is -2.27. The Hall–Kier alpha value is -3.26. The topological polar surface area (TPSA) is 94.2 Å². The summed E-state index contributed by atoms with van der Waals surface area (Å²) in [5, 5.41) is 2.98. The Kier molecular flexibility index (Phi) is 7.25. The Morgan fingerprint density at radius 2 is 1.97 bits per heavy atom. The molecule has 1 unspecified atom stereocenters. The Balaban J connectivity index is 1.77. The van der Waals surface area contributed by atoms with Crippen molar-refractivity contribution >= 4 is 40.8 Å². The lowest BCUT2D eigenvalue weighted by atomic mass is 10.1. The van der Waals surface area contributed by atoms with Crippen molar-refractivity contribution < 1.29 is 28.6 Å². The van der Waals surface area contributed by atoms with E-state index in [1.54, 1.807) is 31.2 Å². The summed E-state index contributed by atoms with van der Waals surface area (Å²) in [6, 6.07) is 9.42. The summed E-state index contributed by atoms with van der Waals surface area (Å²) in [7, 11) is 1.44. The maximum Gasteiger partial charge on any atom is 0.338 e. The van der Waals surface area contributed by atoms with Crippen molar-refractivity contribution in [1.82, 2.24) is 0 Å². The van der Waals surface area contributed by atoms with E-state index in [0.29, 0.717) is 17.1 Å². The molecule has 2 amide bonds. The van der Waals surface area contributed by atoms with Crippen molar-refractivity contribution in [2.75, 3.05) is 23.9 Å². The predicted molar refractivity (Wildman–Crippen MR) is 121 cm³/mol. The summed E-state index contributed by atoms with van der Waals surface area (Å²) < 4.78 is 16.2. The molecule has 1 aliphatic rings. The lowest BCUT2D eigenvalue weighted by Crippen LogP contribution is -2.41. The summed E-state index contributed by atoms with van der Waals surface area (Å²) in [5.41, 5.74) is 1.20. The van der Waals surface area contributed by atoms with Crippen molar-refractivity contribution in [1.29, 1.82) is 0 Å². The number of nitrogens with one attached hydrogen (secondary N) is 1. The normalized spacial score (nSPS) is 15.5. The van der Waals surface area contributed by atoms with Crippen LogP contribution >= 0.6 is 11.6 Å². The van der Waals surface area contributed by atoms with E-state index in [-0.39, 0.29) is 34.8 Å². The summed E-state index contributed by atoms with van der Waals surface area (Å²) in [5.74, 6) is -0.775. The highest BCUT2D eigenvalue weighted by atomic mass is 35.5. The second kappa shape index (κ2) is 9.91. The van der Waals surface area contributed by atoms with Crippen molar-refractivity contribution in [2.45, 2.75) is 39.3 Å². The minimum absolute atomic E-state index is 0.122. The van der Waals surface area contributed by atoms with Gasteiger partial charge in [-0.25, -0.2) is 4.79 Å². The van der Waals surface area contributed by atoms with E-state index in [1.807, 2.05) is 13.8 Å². The molecular formula is C23H25ClN2O6. The molecule has 32 heavy (non-hydrogen) atoms. The molecule has 0 fully saturated rings. The van der Waals surface area contributed by atoms with Gasteiger partial charge in [0.15, 0.2) is 18.1 Å². The van der Waals surface area contributed by atoms with Crippen LogP contribution in [0.3, 0.4) is 0 Å². The van der Waals surface area contributed by atoms with Gasteiger partial charge < -0.3 is 24.4 Å². The smallest absolute Gasteiger partial charge is 0.338 e. The third-order valence-corrected chi connectivity index (χ3v) is 5.05. The molecule has 0 aliphatic carbocycles. The molecule has 0 radical (unpaired) electrons. The number of halogens is 1. The fourth-order valence-corrected chi connectivity index (χ4v) is 3.69. The highest BCUT2D eigenvalue weighted by Gasteiger charge is 2.30. The van der Waals surface area contributed by atoms with Crippen LogP contribution in [0.25, 0.3) is 0 Å². The van der Waals surface area contributed by atoms with Crippen LogP contribution in [-0.4, -0.2) is 43.6 Å². The molecule has 0 saturated carbocycles. The SMILES string of the molecule is COc1cc(C(=O)OCC(=O)N2c3ccccc3NC(=O)CC2C)cc(Cl)c1OC(C)C. The molecular weight excluding hydrogens is 436 g/mol. The predicted octanol–water partition coefficient (Wildman–Crippen LogP) is 4.06. The van der Waals surface area contributed by atoms with E-state index in [9.17, 15) is 14.4 Å². The summed E-state index contributed by atoms with van der Waals surface area (Å²) in [6.07, 6.45) is -0.0185. The van der Waals surface area contributed by atoms with Crippen LogP contribution < -0.4 is 19.7 Å². The number of nitrogens with zero attached hydrogens (tertiary/aromatic N) is 1. The number of amides is 2. The number of carbonyl (C=O) groups excluding carboxylic acids is 3. The average molecular weight is 461 g/mol. The van der Waals surface area contributed by atoms with E-state index in [1.165, 1.54) is 24.1 Å². The van der Waals surface area contributed by atoms with Crippen LogP contribution in [0.2, 0.25) is 5.02 Å². The quantitative estimate of drug-likeness (QED) is 0.653. The minimum Gasteiger partial charge on any atom is -0.493 e. The maximum absolute atomic E-state index is 13.0. The standard InChI is InChI=1S/C23H25ClN2O6/c1-13(2)32-22-16(24)10-15(11-19(22)30-4)23(29)31-12-21(28)26-14(3)9-20(27)25-17-7-5-6-8-18(17)26/h5-8,10-11,13-14H,9,12H2,1-4H3,(H,25,27). The highest BCUT2D eigenvalue weighted by Crippen LogP contribution is 2.37. The summed E-state index contributed by atoms with van der Waals surface area (Å²) in [6.45, 7) is 4.94. The zero-order chi connectivity index (χ0) is 23.4. The molecule has 0 saturated heterocycles. The van der Waals surface area contributed by atoms with Crippen molar-refractivity contribution in [3.05, 3.63) is 47.0 Å². The Morgan fingerprint density at radius 3 is 2.66 bits per heavy atom. The number of fused-ring (bicyclic) bond motifs is 1. The molecule has 9 heteroatoms. The Morgan fingerprint density at radius 1 is 1.25 bits per heavy atom. The number of hydrogen-bond acceptors (Lipinski definition) is 6. The molecule has 0 bridgehead atoms. The zero-order valence-corrected chi connectivity index (χ0v) is 19.1. The van der Waals surface area contributed by atoms with E-state index in [0.717, 1.165) is 0 Å². The number of rotatable bonds is 6. The van der Waals surface area contributed by atoms with Crippen LogP contribution in [0, 0.1) is 0 Å². The maximum atomic E-state index is 13.0. The van der Waals surface area contributed by atoms with E-state index in [4.69, 9.17) is 25.8 Å². The van der Waals surface area contributed by atoms with Gasteiger partial charge in [0, 0.05) is 12.5 Å². The van der Waals surface area contributed by atoms with Gasteiger partial charge in [-0.1, -0.05) is 23.7 Å². The van der Waals surface area contributed by atoms with Crippen LogP contribution in [0.5, 0.6) is 11.5 Å². The summed E-state index contributed by atoms with van der Waals surface area (Å²) in [4.78, 5) is 39.1. The molecule has 170 valence electrons. The van der Waals surface area contributed by atoms with Gasteiger partial charge >= 0.3 is 5.97 Å². The average Bonchev–Trinajstić information content (AvgIpc) is 2.86. The molecule has 1 atom stereocenters. The Bertz CT molecular complexity index is 1040. The van der Waals surface area contributed by atoms with E-state index >= 15 is 0 Å². The molecule has 3 rings (SSSR count). The van der Waals surface area contributed by atoms with E-state index < -0.39 is 24.5 Å². The number of methoxy groups -OCH3 is 1. The van der Waals surface area contributed by atoms with Crippen LogP contribution in [0.4, 0.5) is 11.4 Å². The molecule has 8 nitrogen and oxygen atoms in total. The number of para-hydroxylation sites is 2. The summed E-state index contributed by atoms with van der Waals surface area (Å²) >= 11 is 6.27. The second-order valence-corrected chi connectivity index (χ2v) is 8.02. The fraction of sp³-hybridized carbons (Fsp3) is 0.348. The zero-order valence-electron chi connectivity index (χ0n) is 18.3. The number of carbonyl (C=O) groups is 3. The van der Waals surface area contributed by atoms with Gasteiger partial charge in [0.2, 0.25) is 5.91 Å². The van der Waals surface area contributed by atoms with Gasteiger partial charge in [0.05, 0.1) is 35.2 Å². The molecule has 1 N–H and O–H groups in total. The lowest BCUT2D eigenvalue weighted by molar-refractivity contribution is -0.122. The van der Waals surface area contributed by atoms with Crippen LogP contribution in [0.1, 0.15) is 37.6 Å². The van der Waals surface area contributed by atoms with Crippen molar-refractivity contribution in [3.8, 4) is 11.5 Å². The van der Waals surface area contributed by atoms with Crippen molar-refractivity contribution in [3.63, 3.8) is 0 Å². The third-order valence-electron chi connectivity index (χ3n) is 4.77. The number of hydrogen-bond donors (Lipinski definition) is 1. The van der Waals surface area contributed by atoms with Crippen LogP contribution in [0.15, 0.2) is 36.4 Å². The minimum atomic E-state index is -0.736. The Labute approximate surface area is 191 Å². The number of esters is 1. The third kappa shape index (κ3) is 5.13. The fourth-order valence-electron chi connectivity index (χ4n) is 3.44. The monoisotopic (exact) mass is 460 g/mol. The molecule has 2 aromatic rings. The largest absolute Gasteiger partial charge is 0.493 e. The molecule has 1 aliphatic heterocycles. The first-order valence-corrected chi connectivity index (χ1v) is 10.5. The first kappa shape index (κ1) is 23.4. The number of anilines is 2. The van der Waals surface area contributed by atoms with Gasteiger partial charge in [-0.3, -0.25) is 9.59 Å². The van der Waals surface area contributed by atoms with Gasteiger partial charge in [-0.15, -0.1) is 0 Å². The van der Waals surface area contributed by atoms with E-state index in [2.05, 4.69) is 5.32 Å². The molecule has 2 aromatic carbocycles. The number of ether oxygens (including phenoxy) is 3. The van der Waals surface area contributed by atoms with Gasteiger partial charge in [0.1, 0.15) is 0 Å². The molecule has 0 spiro atoms. The highest BCUT2D eigenvalue weighted by molar-refractivity contribution is 6.32. The first-order chi connectivity index (χ1) is 15.2. The van der Waals surface area contributed by atoms with Gasteiger partial charge in [-0.2, -0.15) is 0 Å². The van der Waals surface area contributed by atoms with Crippen molar-refractivity contribution in [2.24, 2.45) is 0 Å². The first-order valence-electron chi connectivity index (χ1n) is 10.1. The van der Waals surface area contributed by atoms with Gasteiger partial charge in [-0.05, 0) is 45.0 Å². The second-order valence-electron chi connectivity index (χ2n) is 7.61. The van der Waals surface area contributed by atoms with Crippen LogP contribution in [-0.2, 0) is 14.3 Å². The molecule has 1 heterocycles. The number of benzene rings is 2. The molecule has 0 aromatic heterocycles.